The van der Waals surface area contributed by atoms with Crippen molar-refractivity contribution >= 4 is 5.97 Å². The van der Waals surface area contributed by atoms with Gasteiger partial charge in [0.05, 0.1) is 11.3 Å². The summed E-state index contributed by atoms with van der Waals surface area (Å²) in [6, 6.07) is 8.96. The molecule has 100 valence electrons. The van der Waals surface area contributed by atoms with Gasteiger partial charge in [-0.3, -0.25) is 9.58 Å². The quantitative estimate of drug-likeness (QED) is 0.888. The topological polar surface area (TPSA) is 58.4 Å². The summed E-state index contributed by atoms with van der Waals surface area (Å²) in [5.41, 5.74) is 2.55. The number of carbonyl (C=O) groups is 1. The summed E-state index contributed by atoms with van der Waals surface area (Å²) in [6.45, 7) is 1.57. The van der Waals surface area contributed by atoms with Crippen LogP contribution in [0.15, 0.2) is 36.5 Å². The molecule has 0 saturated carbocycles. The van der Waals surface area contributed by atoms with Gasteiger partial charge < -0.3 is 5.11 Å². The van der Waals surface area contributed by atoms with Crippen LogP contribution in [0.2, 0.25) is 0 Å². The number of nitrogens with zero attached hydrogens (tertiary/aromatic N) is 3. The molecule has 0 aliphatic heterocycles. The van der Waals surface area contributed by atoms with E-state index in [1.54, 1.807) is 18.3 Å². The Kier molecular flexibility index (Phi) is 3.97. The predicted octanol–water partition coefficient (Wildman–Crippen LogP) is 1.75. The van der Waals surface area contributed by atoms with E-state index in [-0.39, 0.29) is 0 Å². The second kappa shape index (κ2) is 5.67. The highest BCUT2D eigenvalue weighted by Gasteiger charge is 2.06. The molecule has 0 saturated heterocycles. The molecule has 1 heterocycles. The SMILES string of the molecule is CN(Cc1ccc(C(=O)O)cc1)Cc1ccnn1C. The monoisotopic (exact) mass is 259 g/mol. The maximum atomic E-state index is 10.8. The lowest BCUT2D eigenvalue weighted by Gasteiger charge is -2.16. The van der Waals surface area contributed by atoms with E-state index in [0.717, 1.165) is 24.3 Å². The zero-order valence-corrected chi connectivity index (χ0v) is 11.1. The van der Waals surface area contributed by atoms with Crippen LogP contribution < -0.4 is 0 Å². The van der Waals surface area contributed by atoms with Crippen LogP contribution in [0, 0.1) is 0 Å². The minimum atomic E-state index is -0.894. The van der Waals surface area contributed by atoms with Gasteiger partial charge in [0.25, 0.3) is 0 Å². The molecule has 0 aliphatic rings. The fourth-order valence-corrected chi connectivity index (χ4v) is 1.95. The van der Waals surface area contributed by atoms with Crippen molar-refractivity contribution < 1.29 is 9.90 Å². The Bertz CT molecular complexity index is 560. The number of aryl methyl sites for hydroxylation is 1. The third-order valence-electron chi connectivity index (χ3n) is 3.01. The van der Waals surface area contributed by atoms with Gasteiger partial charge in [0.2, 0.25) is 0 Å². The van der Waals surface area contributed by atoms with Crippen LogP contribution in [0.25, 0.3) is 0 Å². The standard InChI is InChI=1S/C14H17N3O2/c1-16(10-13-7-8-15-17(13)2)9-11-3-5-12(6-4-11)14(18)19/h3-8H,9-10H2,1-2H3,(H,18,19). The molecule has 5 nitrogen and oxygen atoms in total. The van der Waals surface area contributed by atoms with Gasteiger partial charge in [-0.15, -0.1) is 0 Å². The number of hydrogen-bond donors (Lipinski definition) is 1. The zero-order valence-electron chi connectivity index (χ0n) is 11.1. The molecule has 5 heteroatoms. The first kappa shape index (κ1) is 13.3. The Balaban J connectivity index is 1.97. The van der Waals surface area contributed by atoms with E-state index < -0.39 is 5.97 Å². The van der Waals surface area contributed by atoms with E-state index in [9.17, 15) is 4.79 Å². The molecule has 2 aromatic rings. The summed E-state index contributed by atoms with van der Waals surface area (Å²) in [4.78, 5) is 12.9. The Hall–Kier alpha value is -2.14. The van der Waals surface area contributed by atoms with Crippen molar-refractivity contribution in [2.75, 3.05) is 7.05 Å². The molecule has 19 heavy (non-hydrogen) atoms. The van der Waals surface area contributed by atoms with Crippen LogP contribution in [0.5, 0.6) is 0 Å². The Labute approximate surface area is 112 Å². The molecule has 0 bridgehead atoms. The van der Waals surface area contributed by atoms with E-state index in [4.69, 9.17) is 5.11 Å². The average molecular weight is 259 g/mol. The first-order valence-electron chi connectivity index (χ1n) is 6.04. The second-order valence-corrected chi connectivity index (χ2v) is 4.62. The van der Waals surface area contributed by atoms with Gasteiger partial charge in [-0.05, 0) is 30.8 Å². The maximum Gasteiger partial charge on any atom is 0.335 e. The number of hydrogen-bond acceptors (Lipinski definition) is 3. The predicted molar refractivity (Wildman–Crippen MR) is 71.8 cm³/mol. The number of aromatic nitrogens is 2. The Morgan fingerprint density at radius 3 is 2.47 bits per heavy atom. The van der Waals surface area contributed by atoms with Crippen LogP contribution in [0.4, 0.5) is 0 Å². The molecule has 0 spiro atoms. The lowest BCUT2D eigenvalue weighted by atomic mass is 10.1. The van der Waals surface area contributed by atoms with E-state index in [0.29, 0.717) is 5.56 Å². The maximum absolute atomic E-state index is 10.8. The highest BCUT2D eigenvalue weighted by atomic mass is 16.4. The number of benzene rings is 1. The van der Waals surface area contributed by atoms with Crippen LogP contribution in [-0.4, -0.2) is 32.8 Å². The largest absolute Gasteiger partial charge is 0.478 e. The van der Waals surface area contributed by atoms with Crippen LogP contribution in [0.3, 0.4) is 0 Å². The first-order valence-corrected chi connectivity index (χ1v) is 6.04. The molecule has 0 radical (unpaired) electrons. The lowest BCUT2D eigenvalue weighted by molar-refractivity contribution is 0.0697. The van der Waals surface area contributed by atoms with E-state index in [1.807, 2.05) is 37.0 Å². The highest BCUT2D eigenvalue weighted by Crippen LogP contribution is 2.09. The fraction of sp³-hybridized carbons (Fsp3) is 0.286. The Morgan fingerprint density at radius 2 is 1.95 bits per heavy atom. The van der Waals surface area contributed by atoms with Crippen LogP contribution in [-0.2, 0) is 20.1 Å². The number of rotatable bonds is 5. The summed E-state index contributed by atoms with van der Waals surface area (Å²) < 4.78 is 1.85. The van der Waals surface area contributed by atoms with Crippen LogP contribution >= 0.6 is 0 Å². The summed E-state index contributed by atoms with van der Waals surface area (Å²) in [5, 5.41) is 13.0. The molecule has 1 N–H and O–H groups in total. The Morgan fingerprint density at radius 1 is 1.26 bits per heavy atom. The van der Waals surface area contributed by atoms with Gasteiger partial charge in [0, 0.05) is 26.3 Å². The van der Waals surface area contributed by atoms with Crippen molar-refractivity contribution in [2.24, 2.45) is 7.05 Å². The number of carboxylic acids is 1. The van der Waals surface area contributed by atoms with Crippen molar-refractivity contribution in [2.45, 2.75) is 13.1 Å². The van der Waals surface area contributed by atoms with Gasteiger partial charge in [-0.25, -0.2) is 4.79 Å². The minimum Gasteiger partial charge on any atom is -0.478 e. The second-order valence-electron chi connectivity index (χ2n) is 4.62. The van der Waals surface area contributed by atoms with E-state index in [1.165, 1.54) is 0 Å². The van der Waals surface area contributed by atoms with Crippen molar-refractivity contribution in [3.8, 4) is 0 Å². The molecular formula is C14H17N3O2. The van der Waals surface area contributed by atoms with Gasteiger partial charge >= 0.3 is 5.97 Å². The molecule has 0 aliphatic carbocycles. The zero-order chi connectivity index (χ0) is 13.8. The normalized spacial score (nSPS) is 10.9. The third kappa shape index (κ3) is 3.42. The van der Waals surface area contributed by atoms with E-state index >= 15 is 0 Å². The summed E-state index contributed by atoms with van der Waals surface area (Å²) >= 11 is 0. The summed E-state index contributed by atoms with van der Waals surface area (Å²) in [6.07, 6.45) is 1.78. The summed E-state index contributed by atoms with van der Waals surface area (Å²) in [5.74, 6) is -0.894. The van der Waals surface area contributed by atoms with Gasteiger partial charge in [0.1, 0.15) is 0 Å². The van der Waals surface area contributed by atoms with Gasteiger partial charge in [-0.1, -0.05) is 12.1 Å². The van der Waals surface area contributed by atoms with Crippen LogP contribution in [0.1, 0.15) is 21.6 Å². The number of carboxylic acid groups (broad SMARTS) is 1. The smallest absolute Gasteiger partial charge is 0.335 e. The van der Waals surface area contributed by atoms with E-state index in [2.05, 4.69) is 10.00 Å². The molecular weight excluding hydrogens is 242 g/mol. The molecule has 2 rings (SSSR count). The lowest BCUT2D eigenvalue weighted by Crippen LogP contribution is -2.19. The highest BCUT2D eigenvalue weighted by molar-refractivity contribution is 5.87. The first-order chi connectivity index (χ1) is 9.06. The molecule has 1 aromatic carbocycles. The van der Waals surface area contributed by atoms with Gasteiger partial charge in [0.15, 0.2) is 0 Å². The number of aromatic carboxylic acids is 1. The molecule has 0 unspecified atom stereocenters. The fourth-order valence-electron chi connectivity index (χ4n) is 1.95. The minimum absolute atomic E-state index is 0.318. The van der Waals surface area contributed by atoms with Crippen molar-refractivity contribution in [1.29, 1.82) is 0 Å². The molecule has 0 fully saturated rings. The molecule has 0 atom stereocenters. The van der Waals surface area contributed by atoms with Crippen molar-refractivity contribution in [3.05, 3.63) is 53.3 Å². The van der Waals surface area contributed by atoms with Crippen molar-refractivity contribution in [1.82, 2.24) is 14.7 Å². The molecule has 0 amide bonds. The molecule has 1 aromatic heterocycles. The van der Waals surface area contributed by atoms with Crippen molar-refractivity contribution in [3.63, 3.8) is 0 Å². The summed E-state index contributed by atoms with van der Waals surface area (Å²) in [7, 11) is 3.95. The van der Waals surface area contributed by atoms with Gasteiger partial charge in [-0.2, -0.15) is 5.10 Å². The third-order valence-corrected chi connectivity index (χ3v) is 3.01. The average Bonchev–Trinajstić information content (AvgIpc) is 2.75.